The molecule has 1 amide bonds. The molecule has 0 spiro atoms. The maximum absolute atomic E-state index is 13.0. The first-order valence-corrected chi connectivity index (χ1v) is 7.14. The minimum absolute atomic E-state index is 0.107. The van der Waals surface area contributed by atoms with E-state index in [-0.39, 0.29) is 11.7 Å². The molecule has 8 heteroatoms. The normalized spacial score (nSPS) is 16.0. The molecule has 0 bridgehead atoms. The van der Waals surface area contributed by atoms with Gasteiger partial charge < -0.3 is 4.90 Å². The number of benzene rings is 1. The fourth-order valence-electron chi connectivity index (χ4n) is 2.51. The number of rotatable bonds is 3. The van der Waals surface area contributed by atoms with Crippen LogP contribution in [0.15, 0.2) is 24.3 Å². The Labute approximate surface area is 127 Å². The van der Waals surface area contributed by atoms with E-state index in [4.69, 9.17) is 0 Å². The van der Waals surface area contributed by atoms with Gasteiger partial charge in [0.25, 0.3) is 0 Å². The highest BCUT2D eigenvalue weighted by Crippen LogP contribution is 2.12. The summed E-state index contributed by atoms with van der Waals surface area (Å²) in [4.78, 5) is 15.4. The van der Waals surface area contributed by atoms with E-state index < -0.39 is 0 Å². The molecule has 0 radical (unpaired) electrons. The molecule has 1 aliphatic rings. The highest BCUT2D eigenvalue weighted by molar-refractivity contribution is 5.73. The van der Waals surface area contributed by atoms with Crippen molar-refractivity contribution in [1.29, 1.82) is 0 Å². The zero-order chi connectivity index (χ0) is 15.5. The van der Waals surface area contributed by atoms with Crippen LogP contribution in [0.4, 0.5) is 4.39 Å². The van der Waals surface area contributed by atoms with Crippen LogP contribution in [0.2, 0.25) is 0 Å². The van der Waals surface area contributed by atoms with E-state index in [0.717, 1.165) is 18.8 Å². The molecular weight excluding hydrogens is 287 g/mol. The zero-order valence-electron chi connectivity index (χ0n) is 12.3. The van der Waals surface area contributed by atoms with Gasteiger partial charge in [-0.15, -0.1) is 5.10 Å². The number of aromatic nitrogens is 4. The number of hydrogen-bond acceptors (Lipinski definition) is 5. The average molecular weight is 304 g/mol. The highest BCUT2D eigenvalue weighted by atomic mass is 19.1. The molecule has 1 fully saturated rings. The lowest BCUT2D eigenvalue weighted by atomic mass is 10.3. The molecule has 2 aromatic rings. The predicted octanol–water partition coefficient (Wildman–Crippen LogP) is 0.465. The summed E-state index contributed by atoms with van der Waals surface area (Å²) in [7, 11) is 0. The summed E-state index contributed by atoms with van der Waals surface area (Å²) in [6, 6.07) is 6.05. The molecule has 1 aromatic heterocycles. The summed E-state index contributed by atoms with van der Waals surface area (Å²) in [5.74, 6) is 0.511. The summed E-state index contributed by atoms with van der Waals surface area (Å²) < 4.78 is 14.6. The zero-order valence-corrected chi connectivity index (χ0v) is 12.3. The average Bonchev–Trinajstić information content (AvgIpc) is 2.97. The van der Waals surface area contributed by atoms with Gasteiger partial charge in [-0.2, -0.15) is 4.68 Å². The second-order valence-electron chi connectivity index (χ2n) is 5.27. The maximum Gasteiger partial charge on any atom is 0.219 e. The van der Waals surface area contributed by atoms with Crippen LogP contribution in [-0.4, -0.2) is 62.1 Å². The van der Waals surface area contributed by atoms with Crippen LogP contribution >= 0.6 is 0 Å². The van der Waals surface area contributed by atoms with Crippen molar-refractivity contribution in [1.82, 2.24) is 30.0 Å². The number of piperazine rings is 1. The van der Waals surface area contributed by atoms with Gasteiger partial charge in [0.1, 0.15) is 5.82 Å². The van der Waals surface area contributed by atoms with Gasteiger partial charge in [0.2, 0.25) is 5.91 Å². The lowest BCUT2D eigenvalue weighted by molar-refractivity contribution is -0.130. The number of carbonyl (C=O) groups excluding carboxylic acids is 1. The van der Waals surface area contributed by atoms with Crippen LogP contribution in [0.25, 0.3) is 5.69 Å². The van der Waals surface area contributed by atoms with Gasteiger partial charge in [-0.1, -0.05) is 0 Å². The molecule has 3 rings (SSSR count). The Balaban J connectivity index is 1.68. The molecule has 22 heavy (non-hydrogen) atoms. The summed E-state index contributed by atoms with van der Waals surface area (Å²) in [6.07, 6.45) is 0. The van der Waals surface area contributed by atoms with E-state index in [0.29, 0.717) is 25.5 Å². The van der Waals surface area contributed by atoms with Crippen LogP contribution in [0.1, 0.15) is 12.7 Å². The van der Waals surface area contributed by atoms with Gasteiger partial charge in [0, 0.05) is 33.1 Å². The third-order valence-electron chi connectivity index (χ3n) is 3.79. The largest absolute Gasteiger partial charge is 0.340 e. The Hall–Kier alpha value is -2.35. The molecule has 7 nitrogen and oxygen atoms in total. The Morgan fingerprint density at radius 3 is 2.50 bits per heavy atom. The smallest absolute Gasteiger partial charge is 0.219 e. The number of carbonyl (C=O) groups is 1. The number of nitrogens with zero attached hydrogens (tertiary/aromatic N) is 6. The minimum atomic E-state index is -0.293. The first-order chi connectivity index (χ1) is 10.6. The lowest BCUT2D eigenvalue weighted by Gasteiger charge is -2.33. The SMILES string of the molecule is CC(=O)N1CCN(Cc2nnnn2-c2ccc(F)cc2)CC1. The van der Waals surface area contributed by atoms with Gasteiger partial charge in [0.15, 0.2) is 5.82 Å². The van der Waals surface area contributed by atoms with Crippen LogP contribution in [0.3, 0.4) is 0 Å². The van der Waals surface area contributed by atoms with E-state index in [2.05, 4.69) is 20.4 Å². The van der Waals surface area contributed by atoms with Gasteiger partial charge in [0.05, 0.1) is 12.2 Å². The van der Waals surface area contributed by atoms with Crippen molar-refractivity contribution in [2.24, 2.45) is 0 Å². The Bertz CT molecular complexity index is 648. The van der Waals surface area contributed by atoms with Gasteiger partial charge >= 0.3 is 0 Å². The number of halogens is 1. The van der Waals surface area contributed by atoms with Crippen LogP contribution in [-0.2, 0) is 11.3 Å². The van der Waals surface area contributed by atoms with Crippen molar-refractivity contribution in [2.75, 3.05) is 26.2 Å². The monoisotopic (exact) mass is 304 g/mol. The molecule has 116 valence electrons. The molecule has 1 aliphatic heterocycles. The Morgan fingerprint density at radius 1 is 1.18 bits per heavy atom. The maximum atomic E-state index is 13.0. The minimum Gasteiger partial charge on any atom is -0.340 e. The Kier molecular flexibility index (Phi) is 4.10. The first-order valence-electron chi connectivity index (χ1n) is 7.14. The van der Waals surface area contributed by atoms with Gasteiger partial charge in [-0.25, -0.2) is 4.39 Å². The fraction of sp³-hybridized carbons (Fsp3) is 0.429. The molecular formula is C14H17FN6O. The second-order valence-corrected chi connectivity index (χ2v) is 5.27. The van der Waals surface area contributed by atoms with Crippen molar-refractivity contribution in [3.63, 3.8) is 0 Å². The topological polar surface area (TPSA) is 67.2 Å². The summed E-state index contributed by atoms with van der Waals surface area (Å²) in [6.45, 7) is 5.19. The van der Waals surface area contributed by atoms with Gasteiger partial charge in [-0.05, 0) is 34.7 Å². The summed E-state index contributed by atoms with van der Waals surface area (Å²) in [5, 5.41) is 11.7. The third-order valence-corrected chi connectivity index (χ3v) is 3.79. The van der Waals surface area contributed by atoms with Crippen molar-refractivity contribution in [2.45, 2.75) is 13.5 Å². The van der Waals surface area contributed by atoms with Crippen molar-refractivity contribution in [3.05, 3.63) is 35.9 Å². The molecule has 1 aromatic carbocycles. The third kappa shape index (κ3) is 3.11. The molecule has 0 atom stereocenters. The molecule has 0 unspecified atom stereocenters. The quantitative estimate of drug-likeness (QED) is 0.824. The Morgan fingerprint density at radius 2 is 1.86 bits per heavy atom. The lowest BCUT2D eigenvalue weighted by Crippen LogP contribution is -2.47. The van der Waals surface area contributed by atoms with Crippen molar-refractivity contribution < 1.29 is 9.18 Å². The van der Waals surface area contributed by atoms with E-state index in [1.165, 1.54) is 12.1 Å². The molecule has 0 saturated carbocycles. The van der Waals surface area contributed by atoms with Gasteiger partial charge in [-0.3, -0.25) is 9.69 Å². The number of hydrogen-bond donors (Lipinski definition) is 0. The second kappa shape index (κ2) is 6.18. The van der Waals surface area contributed by atoms with Crippen LogP contribution in [0.5, 0.6) is 0 Å². The molecule has 0 aliphatic carbocycles. The van der Waals surface area contributed by atoms with Crippen LogP contribution in [0, 0.1) is 5.82 Å². The summed E-state index contributed by atoms with van der Waals surface area (Å²) in [5.41, 5.74) is 0.726. The standard InChI is InChI=1S/C14H17FN6O/c1-11(22)20-8-6-19(7-9-20)10-14-16-17-18-21(14)13-4-2-12(15)3-5-13/h2-5H,6-10H2,1H3. The highest BCUT2D eigenvalue weighted by Gasteiger charge is 2.20. The summed E-state index contributed by atoms with van der Waals surface area (Å²) >= 11 is 0. The molecule has 2 heterocycles. The molecule has 0 N–H and O–H groups in total. The van der Waals surface area contributed by atoms with E-state index in [1.54, 1.807) is 23.7 Å². The van der Waals surface area contributed by atoms with Crippen LogP contribution < -0.4 is 0 Å². The predicted molar refractivity (Wildman–Crippen MR) is 76.6 cm³/mol. The van der Waals surface area contributed by atoms with E-state index in [1.807, 2.05) is 4.90 Å². The number of tetrazole rings is 1. The van der Waals surface area contributed by atoms with Crippen molar-refractivity contribution >= 4 is 5.91 Å². The fourth-order valence-corrected chi connectivity index (χ4v) is 2.51. The number of amides is 1. The van der Waals surface area contributed by atoms with E-state index in [9.17, 15) is 9.18 Å². The first kappa shape index (κ1) is 14.6. The van der Waals surface area contributed by atoms with E-state index >= 15 is 0 Å². The molecule has 1 saturated heterocycles. The van der Waals surface area contributed by atoms with Crippen molar-refractivity contribution in [3.8, 4) is 5.69 Å².